The first-order valence-corrected chi connectivity index (χ1v) is 4.79. The van der Waals surface area contributed by atoms with Gasteiger partial charge in [0.25, 0.3) is 11.3 Å². The Kier molecular flexibility index (Phi) is 2.25. The SMILES string of the molecule is CCC(F)(F)c1nc2nc(C)cc(=O)n2[nH]1. The number of aromatic amines is 1. The van der Waals surface area contributed by atoms with E-state index >= 15 is 0 Å². The van der Waals surface area contributed by atoms with Crippen LogP contribution >= 0.6 is 0 Å². The van der Waals surface area contributed by atoms with Crippen LogP contribution in [0.3, 0.4) is 0 Å². The quantitative estimate of drug-likeness (QED) is 0.840. The van der Waals surface area contributed by atoms with Crippen LogP contribution in [0.15, 0.2) is 10.9 Å². The summed E-state index contributed by atoms with van der Waals surface area (Å²) < 4.78 is 27.5. The number of aryl methyl sites for hydroxylation is 1. The highest BCUT2D eigenvalue weighted by molar-refractivity contribution is 5.28. The lowest BCUT2D eigenvalue weighted by Gasteiger charge is -2.08. The van der Waals surface area contributed by atoms with Crippen molar-refractivity contribution < 1.29 is 8.78 Å². The van der Waals surface area contributed by atoms with Gasteiger partial charge in [-0.3, -0.25) is 9.89 Å². The normalized spacial score (nSPS) is 12.2. The van der Waals surface area contributed by atoms with Crippen LogP contribution in [0.5, 0.6) is 0 Å². The molecule has 0 aliphatic rings. The molecule has 86 valence electrons. The third kappa shape index (κ3) is 1.58. The molecular weight excluding hydrogens is 218 g/mol. The van der Waals surface area contributed by atoms with Crippen LogP contribution in [-0.4, -0.2) is 19.6 Å². The molecule has 0 aliphatic heterocycles. The zero-order valence-corrected chi connectivity index (χ0v) is 8.79. The molecule has 1 N–H and O–H groups in total. The van der Waals surface area contributed by atoms with Crippen LogP contribution < -0.4 is 5.56 Å². The van der Waals surface area contributed by atoms with Crippen LogP contribution in [0.1, 0.15) is 24.9 Å². The van der Waals surface area contributed by atoms with Crippen LogP contribution in [0.25, 0.3) is 5.78 Å². The summed E-state index contributed by atoms with van der Waals surface area (Å²) in [6.07, 6.45) is -0.388. The Balaban J connectivity index is 2.70. The third-order valence-corrected chi connectivity index (χ3v) is 2.25. The number of rotatable bonds is 2. The number of nitrogens with one attached hydrogen (secondary N) is 1. The van der Waals surface area contributed by atoms with Crippen LogP contribution in [0.2, 0.25) is 0 Å². The van der Waals surface area contributed by atoms with Gasteiger partial charge >= 0.3 is 5.92 Å². The smallest absolute Gasteiger partial charge is 0.270 e. The molecule has 0 amide bonds. The van der Waals surface area contributed by atoms with E-state index in [1.807, 2.05) is 0 Å². The number of H-pyrrole nitrogens is 1. The second kappa shape index (κ2) is 3.36. The Hall–Kier alpha value is -1.79. The van der Waals surface area contributed by atoms with Crippen molar-refractivity contribution in [3.8, 4) is 0 Å². The lowest BCUT2D eigenvalue weighted by molar-refractivity contribution is -0.0173. The molecule has 5 nitrogen and oxygen atoms in total. The maximum atomic E-state index is 13.3. The molecule has 0 aromatic carbocycles. The van der Waals surface area contributed by atoms with Gasteiger partial charge in [-0.1, -0.05) is 6.92 Å². The largest absolute Gasteiger partial charge is 0.305 e. The Labute approximate surface area is 89.1 Å². The predicted octanol–water partition coefficient (Wildman–Crippen LogP) is 1.23. The molecule has 2 rings (SSSR count). The van der Waals surface area contributed by atoms with E-state index in [2.05, 4.69) is 15.1 Å². The summed E-state index contributed by atoms with van der Waals surface area (Å²) in [6.45, 7) is 2.95. The van der Waals surface area contributed by atoms with Crippen molar-refractivity contribution in [2.75, 3.05) is 0 Å². The zero-order valence-electron chi connectivity index (χ0n) is 8.79. The maximum Gasteiger partial charge on any atom is 0.305 e. The monoisotopic (exact) mass is 228 g/mol. The van der Waals surface area contributed by atoms with Crippen molar-refractivity contribution in [2.24, 2.45) is 0 Å². The number of hydrogen-bond acceptors (Lipinski definition) is 3. The van der Waals surface area contributed by atoms with E-state index in [-0.39, 0.29) is 12.2 Å². The highest BCUT2D eigenvalue weighted by Crippen LogP contribution is 2.28. The molecule has 0 spiro atoms. The summed E-state index contributed by atoms with van der Waals surface area (Å²) in [4.78, 5) is 19.0. The van der Waals surface area contributed by atoms with Gasteiger partial charge in [-0.2, -0.15) is 18.3 Å². The van der Waals surface area contributed by atoms with Gasteiger partial charge in [0, 0.05) is 18.2 Å². The average molecular weight is 228 g/mol. The van der Waals surface area contributed by atoms with Crippen LogP contribution in [0.4, 0.5) is 8.78 Å². The zero-order chi connectivity index (χ0) is 11.9. The third-order valence-electron chi connectivity index (χ3n) is 2.25. The molecule has 0 fully saturated rings. The predicted molar refractivity (Wildman–Crippen MR) is 52.5 cm³/mol. The van der Waals surface area contributed by atoms with Crippen LogP contribution in [0, 0.1) is 6.92 Å². The second-order valence-electron chi connectivity index (χ2n) is 3.50. The lowest BCUT2D eigenvalue weighted by Crippen LogP contribution is -2.17. The number of aromatic nitrogens is 4. The first-order valence-electron chi connectivity index (χ1n) is 4.79. The van der Waals surface area contributed by atoms with Crippen molar-refractivity contribution in [3.05, 3.63) is 27.9 Å². The minimum absolute atomic E-state index is 0.0341. The summed E-state index contributed by atoms with van der Waals surface area (Å²) in [5, 5.41) is 2.26. The van der Waals surface area contributed by atoms with Crippen molar-refractivity contribution in [1.82, 2.24) is 19.6 Å². The molecule has 0 radical (unpaired) electrons. The fourth-order valence-electron chi connectivity index (χ4n) is 1.32. The first kappa shape index (κ1) is 10.7. The Morgan fingerprint density at radius 2 is 2.19 bits per heavy atom. The molecule has 2 aromatic rings. The Morgan fingerprint density at radius 3 is 2.81 bits per heavy atom. The maximum absolute atomic E-state index is 13.3. The molecule has 0 saturated carbocycles. The highest BCUT2D eigenvalue weighted by Gasteiger charge is 2.33. The first-order chi connectivity index (χ1) is 7.44. The molecule has 2 aromatic heterocycles. The standard InChI is InChI=1S/C9H10F2N4O/c1-3-9(10,11)7-13-8-12-5(2)4-6(16)15(8)14-7/h4H,3H2,1-2H3,(H,12,13,14). The van der Waals surface area contributed by atoms with Gasteiger partial charge in [-0.15, -0.1) is 0 Å². The number of alkyl halides is 2. The summed E-state index contributed by atoms with van der Waals surface area (Å²) >= 11 is 0. The second-order valence-corrected chi connectivity index (χ2v) is 3.50. The summed E-state index contributed by atoms with van der Waals surface area (Å²) in [5.74, 6) is -3.65. The average Bonchev–Trinajstić information content (AvgIpc) is 2.62. The Morgan fingerprint density at radius 1 is 1.50 bits per heavy atom. The van der Waals surface area contributed by atoms with Crippen molar-refractivity contribution in [3.63, 3.8) is 0 Å². The molecule has 0 aliphatic carbocycles. The number of hydrogen-bond donors (Lipinski definition) is 1. The van der Waals surface area contributed by atoms with E-state index in [0.29, 0.717) is 5.69 Å². The number of nitrogens with zero attached hydrogens (tertiary/aromatic N) is 3. The fourth-order valence-corrected chi connectivity index (χ4v) is 1.32. The number of fused-ring (bicyclic) bond motifs is 1. The van der Waals surface area contributed by atoms with Crippen molar-refractivity contribution >= 4 is 5.78 Å². The van der Waals surface area contributed by atoms with E-state index in [9.17, 15) is 13.6 Å². The van der Waals surface area contributed by atoms with Gasteiger partial charge in [0.1, 0.15) is 0 Å². The molecule has 7 heteroatoms. The minimum Gasteiger partial charge on any atom is -0.270 e. The van der Waals surface area contributed by atoms with Gasteiger partial charge < -0.3 is 0 Å². The lowest BCUT2D eigenvalue weighted by atomic mass is 10.2. The topological polar surface area (TPSA) is 63.1 Å². The molecule has 0 unspecified atom stereocenters. The van der Waals surface area contributed by atoms with Gasteiger partial charge in [-0.25, -0.2) is 4.98 Å². The molecule has 2 heterocycles. The summed E-state index contributed by atoms with van der Waals surface area (Å²) in [5.41, 5.74) is -0.00369. The van der Waals surface area contributed by atoms with Gasteiger partial charge in [0.05, 0.1) is 0 Å². The number of halogens is 2. The summed E-state index contributed by atoms with van der Waals surface area (Å²) in [7, 11) is 0. The minimum atomic E-state index is -3.08. The molecular formula is C9H10F2N4O. The van der Waals surface area contributed by atoms with E-state index in [1.165, 1.54) is 13.0 Å². The fraction of sp³-hybridized carbons (Fsp3) is 0.444. The van der Waals surface area contributed by atoms with Gasteiger partial charge in [0.15, 0.2) is 5.82 Å². The molecule has 0 bridgehead atoms. The van der Waals surface area contributed by atoms with E-state index in [1.54, 1.807) is 6.92 Å². The van der Waals surface area contributed by atoms with Gasteiger partial charge in [-0.05, 0) is 6.92 Å². The molecule has 16 heavy (non-hydrogen) atoms. The molecule has 0 saturated heterocycles. The summed E-state index contributed by atoms with van der Waals surface area (Å²) in [6, 6.07) is 1.25. The van der Waals surface area contributed by atoms with E-state index < -0.39 is 17.3 Å². The van der Waals surface area contributed by atoms with Crippen molar-refractivity contribution in [1.29, 1.82) is 0 Å². The highest BCUT2D eigenvalue weighted by atomic mass is 19.3. The van der Waals surface area contributed by atoms with Crippen molar-refractivity contribution in [2.45, 2.75) is 26.2 Å². The van der Waals surface area contributed by atoms with E-state index in [4.69, 9.17) is 0 Å². The Bertz CT molecular complexity index is 587. The van der Waals surface area contributed by atoms with E-state index in [0.717, 1.165) is 4.52 Å². The van der Waals surface area contributed by atoms with Crippen LogP contribution in [-0.2, 0) is 5.92 Å². The molecule has 0 atom stereocenters. The van der Waals surface area contributed by atoms with Gasteiger partial charge in [0.2, 0.25) is 0 Å².